The smallest absolute Gasteiger partial charge is 0.0480 e. The molecule has 16 heavy (non-hydrogen) atoms. The van der Waals surface area contributed by atoms with Crippen molar-refractivity contribution in [3.05, 3.63) is 0 Å². The van der Waals surface area contributed by atoms with Crippen LogP contribution >= 0.6 is 0 Å². The lowest BCUT2D eigenvalue weighted by Crippen LogP contribution is -2.43. The molecular formula is C13H28N2O. The lowest BCUT2D eigenvalue weighted by Gasteiger charge is -2.35. The Balaban J connectivity index is 2.15. The van der Waals surface area contributed by atoms with Gasteiger partial charge in [-0.05, 0) is 52.7 Å². The highest BCUT2D eigenvalue weighted by Gasteiger charge is 2.21. The van der Waals surface area contributed by atoms with Gasteiger partial charge in [-0.15, -0.1) is 0 Å². The van der Waals surface area contributed by atoms with E-state index in [1.54, 1.807) is 0 Å². The summed E-state index contributed by atoms with van der Waals surface area (Å²) in [5, 5.41) is 3.47. The molecule has 1 fully saturated rings. The molecule has 1 atom stereocenters. The van der Waals surface area contributed by atoms with Gasteiger partial charge in [0.15, 0.2) is 0 Å². The fourth-order valence-corrected chi connectivity index (χ4v) is 2.27. The summed E-state index contributed by atoms with van der Waals surface area (Å²) in [5.41, 5.74) is 0. The van der Waals surface area contributed by atoms with E-state index in [0.29, 0.717) is 6.04 Å². The molecule has 0 aromatic carbocycles. The van der Waals surface area contributed by atoms with Crippen molar-refractivity contribution >= 4 is 0 Å². The molecule has 1 unspecified atom stereocenters. The van der Waals surface area contributed by atoms with Crippen molar-refractivity contribution < 1.29 is 4.74 Å². The highest BCUT2D eigenvalue weighted by Crippen LogP contribution is 2.16. The number of hydrogen-bond acceptors (Lipinski definition) is 3. The van der Waals surface area contributed by atoms with E-state index in [1.807, 2.05) is 0 Å². The second kappa shape index (κ2) is 8.04. The molecule has 1 N–H and O–H groups in total. The maximum absolute atomic E-state index is 5.40. The van der Waals surface area contributed by atoms with E-state index in [-0.39, 0.29) is 0 Å². The maximum Gasteiger partial charge on any atom is 0.0480 e. The molecule has 1 aliphatic heterocycles. The summed E-state index contributed by atoms with van der Waals surface area (Å²) in [4.78, 5) is 2.54. The molecule has 0 aromatic rings. The maximum atomic E-state index is 5.40. The second-order valence-electron chi connectivity index (χ2n) is 4.90. The zero-order valence-electron chi connectivity index (χ0n) is 11.2. The largest absolute Gasteiger partial charge is 0.381 e. The van der Waals surface area contributed by atoms with Gasteiger partial charge in [-0.3, -0.25) is 0 Å². The van der Waals surface area contributed by atoms with E-state index in [4.69, 9.17) is 4.74 Å². The first-order chi connectivity index (χ1) is 7.75. The molecule has 1 aliphatic rings. The molecular weight excluding hydrogens is 200 g/mol. The average Bonchev–Trinajstić information content (AvgIpc) is 2.34. The monoisotopic (exact) mass is 228 g/mol. The fraction of sp³-hybridized carbons (Fsp3) is 1.00. The Morgan fingerprint density at radius 1 is 1.31 bits per heavy atom. The molecule has 1 heterocycles. The second-order valence-corrected chi connectivity index (χ2v) is 4.90. The summed E-state index contributed by atoms with van der Waals surface area (Å²) in [6.07, 6.45) is 4.87. The summed E-state index contributed by atoms with van der Waals surface area (Å²) in [5.74, 6) is 0. The third-order valence-corrected chi connectivity index (χ3v) is 3.63. The topological polar surface area (TPSA) is 24.5 Å². The minimum absolute atomic E-state index is 0.674. The fourth-order valence-electron chi connectivity index (χ4n) is 2.27. The quantitative estimate of drug-likeness (QED) is 0.673. The molecule has 1 rings (SSSR count). The molecule has 0 aliphatic carbocycles. The molecule has 3 heteroatoms. The lowest BCUT2D eigenvalue weighted by atomic mass is 10.0. The van der Waals surface area contributed by atoms with Gasteiger partial charge >= 0.3 is 0 Å². The van der Waals surface area contributed by atoms with Crippen LogP contribution in [0.15, 0.2) is 0 Å². The van der Waals surface area contributed by atoms with Crippen molar-refractivity contribution in [3.63, 3.8) is 0 Å². The van der Waals surface area contributed by atoms with Crippen LogP contribution in [0.5, 0.6) is 0 Å². The van der Waals surface area contributed by atoms with Crippen molar-refractivity contribution in [3.8, 4) is 0 Å². The Morgan fingerprint density at radius 3 is 2.62 bits per heavy atom. The Morgan fingerprint density at radius 2 is 2.00 bits per heavy atom. The molecule has 0 aromatic heterocycles. The molecule has 0 bridgehead atoms. The zero-order chi connectivity index (χ0) is 11.8. The van der Waals surface area contributed by atoms with Crippen LogP contribution in [0.25, 0.3) is 0 Å². The lowest BCUT2D eigenvalue weighted by molar-refractivity contribution is 0.0300. The molecule has 3 nitrogen and oxygen atoms in total. The minimum atomic E-state index is 0.674. The molecule has 0 radical (unpaired) electrons. The van der Waals surface area contributed by atoms with Gasteiger partial charge in [0, 0.05) is 25.3 Å². The Bertz CT molecular complexity index is 169. The van der Waals surface area contributed by atoms with E-state index in [9.17, 15) is 0 Å². The molecule has 0 saturated carbocycles. The van der Waals surface area contributed by atoms with Crippen LogP contribution in [0.2, 0.25) is 0 Å². The third-order valence-electron chi connectivity index (χ3n) is 3.63. The van der Waals surface area contributed by atoms with Crippen LogP contribution in [0, 0.1) is 0 Å². The standard InChI is InChI=1S/C13H28N2O/c1-4-8-14-9-5-12(2)15(3)13-6-10-16-11-7-13/h12-14H,4-11H2,1-3H3. The van der Waals surface area contributed by atoms with Crippen LogP contribution in [0.1, 0.15) is 39.5 Å². The van der Waals surface area contributed by atoms with Gasteiger partial charge in [0.2, 0.25) is 0 Å². The van der Waals surface area contributed by atoms with Crippen LogP contribution in [0.3, 0.4) is 0 Å². The number of nitrogens with one attached hydrogen (secondary N) is 1. The SMILES string of the molecule is CCCNCCC(C)N(C)C1CCOCC1. The van der Waals surface area contributed by atoms with Crippen molar-refractivity contribution in [2.45, 2.75) is 51.6 Å². The predicted molar refractivity (Wildman–Crippen MR) is 68.8 cm³/mol. The van der Waals surface area contributed by atoms with E-state index in [2.05, 4.69) is 31.1 Å². The molecule has 96 valence electrons. The van der Waals surface area contributed by atoms with E-state index < -0.39 is 0 Å². The number of hydrogen-bond donors (Lipinski definition) is 1. The molecule has 0 amide bonds. The number of rotatable bonds is 7. The summed E-state index contributed by atoms with van der Waals surface area (Å²) < 4.78 is 5.40. The summed E-state index contributed by atoms with van der Waals surface area (Å²) >= 11 is 0. The van der Waals surface area contributed by atoms with E-state index in [0.717, 1.165) is 32.3 Å². The van der Waals surface area contributed by atoms with E-state index in [1.165, 1.54) is 25.7 Å². The van der Waals surface area contributed by atoms with Gasteiger partial charge in [-0.1, -0.05) is 6.92 Å². The molecule has 0 spiro atoms. The minimum Gasteiger partial charge on any atom is -0.381 e. The highest BCUT2D eigenvalue weighted by atomic mass is 16.5. The summed E-state index contributed by atoms with van der Waals surface area (Å²) in [6.45, 7) is 8.72. The number of ether oxygens (including phenoxy) is 1. The van der Waals surface area contributed by atoms with Crippen molar-refractivity contribution in [2.24, 2.45) is 0 Å². The van der Waals surface area contributed by atoms with Crippen LogP contribution in [-0.4, -0.2) is 50.3 Å². The Kier molecular flexibility index (Phi) is 7.01. The van der Waals surface area contributed by atoms with Crippen molar-refractivity contribution in [1.82, 2.24) is 10.2 Å². The zero-order valence-corrected chi connectivity index (χ0v) is 11.2. The van der Waals surface area contributed by atoms with Crippen molar-refractivity contribution in [1.29, 1.82) is 0 Å². The first kappa shape index (κ1) is 13.9. The third kappa shape index (κ3) is 4.81. The Hall–Kier alpha value is -0.120. The molecule has 1 saturated heterocycles. The van der Waals surface area contributed by atoms with Gasteiger partial charge in [-0.25, -0.2) is 0 Å². The van der Waals surface area contributed by atoms with Crippen molar-refractivity contribution in [2.75, 3.05) is 33.4 Å². The van der Waals surface area contributed by atoms with Gasteiger partial charge in [0.05, 0.1) is 0 Å². The van der Waals surface area contributed by atoms with E-state index >= 15 is 0 Å². The van der Waals surface area contributed by atoms with Gasteiger partial charge in [0.25, 0.3) is 0 Å². The summed E-state index contributed by atoms with van der Waals surface area (Å²) in [7, 11) is 2.26. The summed E-state index contributed by atoms with van der Waals surface area (Å²) in [6, 6.07) is 1.40. The Labute approximate surface area is 101 Å². The van der Waals surface area contributed by atoms with Crippen LogP contribution in [0.4, 0.5) is 0 Å². The average molecular weight is 228 g/mol. The van der Waals surface area contributed by atoms with Gasteiger partial charge in [0.1, 0.15) is 0 Å². The normalized spacial score (nSPS) is 20.2. The first-order valence-corrected chi connectivity index (χ1v) is 6.76. The van der Waals surface area contributed by atoms with Gasteiger partial charge in [-0.2, -0.15) is 0 Å². The van der Waals surface area contributed by atoms with Crippen LogP contribution < -0.4 is 5.32 Å². The predicted octanol–water partition coefficient (Wildman–Crippen LogP) is 1.88. The highest BCUT2D eigenvalue weighted by molar-refractivity contribution is 4.76. The van der Waals surface area contributed by atoms with Gasteiger partial charge < -0.3 is 15.0 Å². The van der Waals surface area contributed by atoms with Crippen LogP contribution in [-0.2, 0) is 4.74 Å². The first-order valence-electron chi connectivity index (χ1n) is 6.76. The number of nitrogens with zero attached hydrogens (tertiary/aromatic N) is 1.